The van der Waals surface area contributed by atoms with Gasteiger partial charge in [0.25, 0.3) is 0 Å². The summed E-state index contributed by atoms with van der Waals surface area (Å²) in [7, 11) is 0. The van der Waals surface area contributed by atoms with E-state index in [-0.39, 0.29) is 17.3 Å². The van der Waals surface area contributed by atoms with Gasteiger partial charge in [-0.1, -0.05) is 0 Å². The number of aromatic carboxylic acids is 1. The largest absolute Gasteiger partial charge is 0.478 e. The number of carbonyl (C=O) groups is 2. The van der Waals surface area contributed by atoms with Gasteiger partial charge in [0, 0.05) is 13.5 Å². The third-order valence-corrected chi connectivity index (χ3v) is 2.60. The highest BCUT2D eigenvalue weighted by molar-refractivity contribution is 5.93. The molecule has 0 saturated carbocycles. The maximum absolute atomic E-state index is 11.2. The quantitative estimate of drug-likeness (QED) is 0.707. The third-order valence-electron chi connectivity index (χ3n) is 2.60. The summed E-state index contributed by atoms with van der Waals surface area (Å²) in [6, 6.07) is 1.49. The topological polar surface area (TPSA) is 96.5 Å². The highest BCUT2D eigenvalue weighted by Crippen LogP contribution is 2.24. The molecule has 1 amide bonds. The van der Waals surface area contributed by atoms with Crippen LogP contribution in [0.15, 0.2) is 6.07 Å². The number of pyridine rings is 1. The third kappa shape index (κ3) is 1.58. The van der Waals surface area contributed by atoms with Crippen LogP contribution in [0.4, 0.5) is 5.82 Å². The number of nitrogens with zero attached hydrogens (tertiary/aromatic N) is 2. The van der Waals surface area contributed by atoms with Gasteiger partial charge in [-0.3, -0.25) is 4.79 Å². The molecule has 84 valence electrons. The molecule has 1 aromatic heterocycles. The molecule has 0 atom stereocenters. The van der Waals surface area contributed by atoms with Gasteiger partial charge in [0.15, 0.2) is 0 Å². The number of nitrogens with two attached hydrogens (primary N) is 1. The maximum Gasteiger partial charge on any atom is 0.339 e. The Bertz CT molecular complexity index is 484. The van der Waals surface area contributed by atoms with Crippen LogP contribution in [0, 0.1) is 0 Å². The molecule has 0 aromatic carbocycles. The van der Waals surface area contributed by atoms with E-state index in [0.717, 1.165) is 5.56 Å². The van der Waals surface area contributed by atoms with Gasteiger partial charge in [-0.15, -0.1) is 0 Å². The van der Waals surface area contributed by atoms with Gasteiger partial charge in [0.2, 0.25) is 5.91 Å². The highest BCUT2D eigenvalue weighted by atomic mass is 16.4. The minimum Gasteiger partial charge on any atom is -0.478 e. The van der Waals surface area contributed by atoms with Crippen LogP contribution in [0.1, 0.15) is 28.5 Å². The van der Waals surface area contributed by atoms with E-state index in [9.17, 15) is 9.59 Å². The maximum atomic E-state index is 11.2. The lowest BCUT2D eigenvalue weighted by atomic mass is 10.1. The SMILES string of the molecule is CC(=O)N1Cc2cc(C(=O)O)c(N)nc2C1. The second-order valence-electron chi connectivity index (χ2n) is 3.71. The Kier molecular flexibility index (Phi) is 2.26. The molecule has 1 aliphatic rings. The molecule has 2 heterocycles. The van der Waals surface area contributed by atoms with Crippen molar-refractivity contribution in [2.24, 2.45) is 0 Å². The molecule has 0 saturated heterocycles. The number of fused-ring (bicyclic) bond motifs is 1. The molecule has 0 spiro atoms. The van der Waals surface area contributed by atoms with Gasteiger partial charge >= 0.3 is 5.97 Å². The highest BCUT2D eigenvalue weighted by Gasteiger charge is 2.24. The lowest BCUT2D eigenvalue weighted by Gasteiger charge is -2.10. The van der Waals surface area contributed by atoms with Gasteiger partial charge in [0.1, 0.15) is 11.4 Å². The van der Waals surface area contributed by atoms with Crippen molar-refractivity contribution in [3.05, 3.63) is 22.9 Å². The summed E-state index contributed by atoms with van der Waals surface area (Å²) in [5, 5.41) is 8.87. The van der Waals surface area contributed by atoms with E-state index in [0.29, 0.717) is 18.8 Å². The van der Waals surface area contributed by atoms with E-state index in [1.165, 1.54) is 13.0 Å². The van der Waals surface area contributed by atoms with E-state index in [2.05, 4.69) is 4.98 Å². The van der Waals surface area contributed by atoms with Gasteiger partial charge < -0.3 is 15.7 Å². The van der Waals surface area contributed by atoms with Crippen LogP contribution >= 0.6 is 0 Å². The first-order chi connectivity index (χ1) is 7.49. The van der Waals surface area contributed by atoms with Crippen LogP contribution < -0.4 is 5.73 Å². The zero-order valence-corrected chi connectivity index (χ0v) is 8.73. The lowest BCUT2D eigenvalue weighted by Crippen LogP contribution is -2.21. The van der Waals surface area contributed by atoms with Crippen molar-refractivity contribution in [1.82, 2.24) is 9.88 Å². The van der Waals surface area contributed by atoms with Gasteiger partial charge in [-0.2, -0.15) is 0 Å². The smallest absolute Gasteiger partial charge is 0.339 e. The number of nitrogen functional groups attached to an aromatic ring is 1. The summed E-state index contributed by atoms with van der Waals surface area (Å²) in [6.45, 7) is 2.26. The second kappa shape index (κ2) is 3.48. The predicted molar refractivity (Wildman–Crippen MR) is 55.5 cm³/mol. The molecule has 6 nitrogen and oxygen atoms in total. The standard InChI is InChI=1S/C10H11N3O3/c1-5(14)13-3-6-2-7(10(15)16)9(11)12-8(6)4-13/h2H,3-4H2,1H3,(H2,11,12)(H,15,16). The van der Waals surface area contributed by atoms with Crippen molar-refractivity contribution >= 4 is 17.7 Å². The molecule has 1 aliphatic heterocycles. The van der Waals surface area contributed by atoms with E-state index in [4.69, 9.17) is 10.8 Å². The number of amides is 1. The molecule has 0 aliphatic carbocycles. The van der Waals surface area contributed by atoms with Crippen molar-refractivity contribution in [2.75, 3.05) is 5.73 Å². The average molecular weight is 221 g/mol. The molecule has 0 fully saturated rings. The second-order valence-corrected chi connectivity index (χ2v) is 3.71. The number of carboxylic acids is 1. The van der Waals surface area contributed by atoms with E-state index in [1.54, 1.807) is 4.90 Å². The molecule has 1 aromatic rings. The minimum absolute atomic E-state index is 0.00310. The first-order valence-electron chi connectivity index (χ1n) is 4.76. The Morgan fingerprint density at radius 1 is 1.50 bits per heavy atom. The summed E-state index contributed by atoms with van der Waals surface area (Å²) in [6.07, 6.45) is 0. The Labute approximate surface area is 91.7 Å². The van der Waals surface area contributed by atoms with E-state index in [1.807, 2.05) is 0 Å². The van der Waals surface area contributed by atoms with E-state index >= 15 is 0 Å². The number of aromatic nitrogens is 1. The summed E-state index contributed by atoms with van der Waals surface area (Å²) >= 11 is 0. The molecule has 0 unspecified atom stereocenters. The Morgan fingerprint density at radius 2 is 2.19 bits per heavy atom. The van der Waals surface area contributed by atoms with Crippen molar-refractivity contribution in [3.63, 3.8) is 0 Å². The molecular weight excluding hydrogens is 210 g/mol. The van der Waals surface area contributed by atoms with Crippen LogP contribution in [0.25, 0.3) is 0 Å². The van der Waals surface area contributed by atoms with E-state index < -0.39 is 5.97 Å². The zero-order valence-electron chi connectivity index (χ0n) is 8.73. The fraction of sp³-hybridized carbons (Fsp3) is 0.300. The Hall–Kier alpha value is -2.11. The lowest BCUT2D eigenvalue weighted by molar-refractivity contribution is -0.129. The van der Waals surface area contributed by atoms with Crippen LogP contribution in [0.3, 0.4) is 0 Å². The molecule has 0 radical (unpaired) electrons. The van der Waals surface area contributed by atoms with Gasteiger partial charge in [-0.05, 0) is 11.6 Å². The van der Waals surface area contributed by atoms with Gasteiger partial charge in [-0.25, -0.2) is 9.78 Å². The van der Waals surface area contributed by atoms with Crippen molar-refractivity contribution in [3.8, 4) is 0 Å². The number of hydrogen-bond donors (Lipinski definition) is 2. The minimum atomic E-state index is -1.10. The number of hydrogen-bond acceptors (Lipinski definition) is 4. The molecule has 16 heavy (non-hydrogen) atoms. The summed E-state index contributed by atoms with van der Waals surface area (Å²) in [5.74, 6) is -1.17. The Balaban J connectivity index is 2.40. The summed E-state index contributed by atoms with van der Waals surface area (Å²) in [4.78, 5) is 27.6. The normalized spacial score (nSPS) is 13.7. The Morgan fingerprint density at radius 3 is 2.75 bits per heavy atom. The monoisotopic (exact) mass is 221 g/mol. The van der Waals surface area contributed by atoms with Crippen LogP contribution in [0.5, 0.6) is 0 Å². The van der Waals surface area contributed by atoms with Crippen molar-refractivity contribution < 1.29 is 14.7 Å². The summed E-state index contributed by atoms with van der Waals surface area (Å²) in [5.41, 5.74) is 6.94. The van der Waals surface area contributed by atoms with Crippen LogP contribution in [-0.4, -0.2) is 26.9 Å². The zero-order chi connectivity index (χ0) is 11.9. The molecule has 2 rings (SSSR count). The average Bonchev–Trinajstić information content (AvgIpc) is 2.58. The summed E-state index contributed by atoms with van der Waals surface area (Å²) < 4.78 is 0. The first-order valence-corrected chi connectivity index (χ1v) is 4.76. The van der Waals surface area contributed by atoms with Crippen molar-refractivity contribution in [2.45, 2.75) is 20.0 Å². The number of carboxylic acid groups (broad SMARTS) is 1. The molecule has 0 bridgehead atoms. The molecular formula is C10H11N3O3. The first kappa shape index (κ1) is 10.4. The van der Waals surface area contributed by atoms with Crippen LogP contribution in [0.2, 0.25) is 0 Å². The van der Waals surface area contributed by atoms with Crippen molar-refractivity contribution in [1.29, 1.82) is 0 Å². The number of anilines is 1. The van der Waals surface area contributed by atoms with Crippen LogP contribution in [-0.2, 0) is 17.9 Å². The van der Waals surface area contributed by atoms with Gasteiger partial charge in [0.05, 0.1) is 12.2 Å². The predicted octanol–water partition coefficient (Wildman–Crippen LogP) is 0.224. The molecule has 3 N–H and O–H groups in total. The fourth-order valence-electron chi connectivity index (χ4n) is 1.72. The number of rotatable bonds is 1. The number of carbonyl (C=O) groups excluding carboxylic acids is 1. The fourth-order valence-corrected chi connectivity index (χ4v) is 1.72. The molecule has 6 heteroatoms.